The molecule has 0 fully saturated rings. The lowest BCUT2D eigenvalue weighted by atomic mass is 9.94. The van der Waals surface area contributed by atoms with E-state index in [9.17, 15) is 13.6 Å². The highest BCUT2D eigenvalue weighted by Gasteiger charge is 2.27. The van der Waals surface area contributed by atoms with Crippen molar-refractivity contribution in [2.45, 2.75) is 33.2 Å². The molecule has 8 nitrogen and oxygen atoms in total. The molecule has 0 saturated heterocycles. The molecule has 1 amide bonds. The summed E-state index contributed by atoms with van der Waals surface area (Å²) in [6.45, 7) is 6.65. The molecular weight excluding hydrogens is 474 g/mol. The number of thiazole rings is 1. The van der Waals surface area contributed by atoms with Gasteiger partial charge in [0.2, 0.25) is 5.91 Å². The van der Waals surface area contributed by atoms with E-state index < -0.39 is 16.7 Å². The highest BCUT2D eigenvalue weighted by atomic mass is 32.2. The average molecular weight is 501 g/mol. The monoisotopic (exact) mass is 500 g/mol. The SMILES string of the molecule is CC(C)(C)C(=O)N[C@@H](Cc1ccc(NS(=O)[O-])cc1)c1nc(-c2ccc3c(c2)OCCO3)cs1. The van der Waals surface area contributed by atoms with E-state index in [1.54, 1.807) is 12.1 Å². The number of hydrogen-bond acceptors (Lipinski definition) is 7. The molecule has 1 unspecified atom stereocenters. The van der Waals surface area contributed by atoms with Gasteiger partial charge in [0.05, 0.1) is 11.7 Å². The van der Waals surface area contributed by atoms with E-state index in [1.165, 1.54) is 11.3 Å². The Balaban J connectivity index is 1.58. The number of nitrogens with one attached hydrogen (secondary N) is 2. The Kier molecular flexibility index (Phi) is 7.20. The number of amides is 1. The van der Waals surface area contributed by atoms with Crippen molar-refractivity contribution in [3.8, 4) is 22.8 Å². The van der Waals surface area contributed by atoms with E-state index in [0.717, 1.165) is 27.6 Å². The van der Waals surface area contributed by atoms with Gasteiger partial charge >= 0.3 is 0 Å². The van der Waals surface area contributed by atoms with Gasteiger partial charge in [-0.1, -0.05) is 32.9 Å². The Morgan fingerprint density at radius 2 is 1.85 bits per heavy atom. The maximum Gasteiger partial charge on any atom is 0.225 e. The van der Waals surface area contributed by atoms with Crippen molar-refractivity contribution >= 4 is 34.2 Å². The van der Waals surface area contributed by atoms with Crippen LogP contribution in [0.4, 0.5) is 5.69 Å². The summed E-state index contributed by atoms with van der Waals surface area (Å²) < 4.78 is 35.3. The van der Waals surface area contributed by atoms with Crippen LogP contribution >= 0.6 is 11.3 Å². The minimum absolute atomic E-state index is 0.0754. The minimum atomic E-state index is -2.38. The van der Waals surface area contributed by atoms with E-state index in [2.05, 4.69) is 10.0 Å². The third-order valence-corrected chi connectivity index (χ3v) is 6.60. The van der Waals surface area contributed by atoms with Crippen molar-refractivity contribution in [1.29, 1.82) is 0 Å². The Labute approximate surface area is 205 Å². The standard InChI is InChI=1S/C24H27N3O5S2/c1-24(2,3)23(28)26-18(12-15-4-7-17(8-5-15)27-34(29)30)22-25-19(14-33-22)16-6-9-20-21(13-16)32-11-10-31-20/h4-9,13-14,18,27H,10-12H2,1-3H3,(H,26,28)(H,29,30)/p-1/t18-/m0/s1. The molecule has 0 aliphatic carbocycles. The van der Waals surface area contributed by atoms with Gasteiger partial charge < -0.3 is 24.1 Å². The number of benzene rings is 2. The van der Waals surface area contributed by atoms with Crippen LogP contribution in [0.3, 0.4) is 0 Å². The van der Waals surface area contributed by atoms with Gasteiger partial charge in [-0.05, 0) is 42.3 Å². The highest BCUT2D eigenvalue weighted by Crippen LogP contribution is 2.36. The van der Waals surface area contributed by atoms with E-state index in [0.29, 0.717) is 31.1 Å². The van der Waals surface area contributed by atoms with Crippen LogP contribution in [0.5, 0.6) is 11.5 Å². The third kappa shape index (κ3) is 5.94. The second kappa shape index (κ2) is 10.1. The quantitative estimate of drug-likeness (QED) is 0.470. The summed E-state index contributed by atoms with van der Waals surface area (Å²) >= 11 is -0.899. The molecule has 3 aromatic rings. The Morgan fingerprint density at radius 3 is 2.53 bits per heavy atom. The van der Waals surface area contributed by atoms with Gasteiger partial charge in [-0.15, -0.1) is 11.3 Å². The maximum atomic E-state index is 12.8. The number of carbonyl (C=O) groups excluding carboxylic acids is 1. The van der Waals surface area contributed by atoms with Crippen LogP contribution in [0.2, 0.25) is 0 Å². The molecule has 34 heavy (non-hydrogen) atoms. The largest absolute Gasteiger partial charge is 0.755 e. The number of rotatable bonds is 7. The summed E-state index contributed by atoms with van der Waals surface area (Å²) in [7, 11) is 0. The van der Waals surface area contributed by atoms with Crippen LogP contribution in [-0.4, -0.2) is 32.9 Å². The summed E-state index contributed by atoms with van der Waals surface area (Å²) in [5.41, 5.74) is 2.57. The first-order valence-corrected chi connectivity index (χ1v) is 12.8. The highest BCUT2D eigenvalue weighted by molar-refractivity contribution is 7.80. The summed E-state index contributed by atoms with van der Waals surface area (Å²) in [6.07, 6.45) is 0.511. The third-order valence-electron chi connectivity index (χ3n) is 5.24. The molecule has 2 atom stereocenters. The van der Waals surface area contributed by atoms with E-state index >= 15 is 0 Å². The van der Waals surface area contributed by atoms with Gasteiger partial charge in [0.15, 0.2) is 11.5 Å². The van der Waals surface area contributed by atoms with Crippen LogP contribution in [0.25, 0.3) is 11.3 Å². The van der Waals surface area contributed by atoms with Gasteiger partial charge in [-0.2, -0.15) is 0 Å². The Bertz CT molecular complexity index is 1190. The first-order chi connectivity index (χ1) is 16.2. The summed E-state index contributed by atoms with van der Waals surface area (Å²) in [5, 5.41) is 5.88. The maximum absolute atomic E-state index is 12.8. The number of aromatic nitrogens is 1. The molecule has 2 heterocycles. The molecule has 2 aromatic carbocycles. The second-order valence-electron chi connectivity index (χ2n) is 8.94. The fourth-order valence-electron chi connectivity index (χ4n) is 3.40. The predicted molar refractivity (Wildman–Crippen MR) is 132 cm³/mol. The van der Waals surface area contributed by atoms with Gasteiger partial charge in [-0.25, -0.2) is 4.98 Å². The molecule has 2 N–H and O–H groups in total. The summed E-state index contributed by atoms with van der Waals surface area (Å²) in [6, 6.07) is 12.5. The van der Waals surface area contributed by atoms with Gasteiger partial charge in [0.25, 0.3) is 0 Å². The number of carbonyl (C=O) groups is 1. The smallest absolute Gasteiger partial charge is 0.225 e. The molecule has 180 valence electrons. The van der Waals surface area contributed by atoms with E-state index in [4.69, 9.17) is 14.5 Å². The molecule has 0 spiro atoms. The lowest BCUT2D eigenvalue weighted by Gasteiger charge is -2.23. The summed E-state index contributed by atoms with van der Waals surface area (Å²) in [5.74, 6) is 1.34. The first kappa shape index (κ1) is 24.2. The van der Waals surface area contributed by atoms with E-state index in [-0.39, 0.29) is 11.9 Å². The number of anilines is 1. The van der Waals surface area contributed by atoms with Crippen molar-refractivity contribution in [2.75, 3.05) is 17.9 Å². The molecule has 1 aromatic heterocycles. The van der Waals surface area contributed by atoms with Crippen LogP contribution in [0.1, 0.15) is 37.4 Å². The van der Waals surface area contributed by atoms with Crippen LogP contribution in [0.15, 0.2) is 47.8 Å². The van der Waals surface area contributed by atoms with E-state index in [1.807, 2.05) is 56.5 Å². The normalized spacial score (nSPS) is 14.8. The molecule has 10 heteroatoms. The average Bonchev–Trinajstić information content (AvgIpc) is 3.29. The molecular formula is C24H26N3O5S2-. The molecule has 0 bridgehead atoms. The Morgan fingerprint density at radius 1 is 1.15 bits per heavy atom. The number of fused-ring (bicyclic) bond motifs is 1. The topological polar surface area (TPSA) is 113 Å². The second-order valence-corrected chi connectivity index (χ2v) is 10.5. The molecule has 4 rings (SSSR count). The lowest BCUT2D eigenvalue weighted by molar-refractivity contribution is -0.129. The zero-order valence-corrected chi connectivity index (χ0v) is 20.8. The number of hydrogen-bond donors (Lipinski definition) is 2. The van der Waals surface area contributed by atoms with Gasteiger partial charge in [-0.3, -0.25) is 9.00 Å². The first-order valence-electron chi connectivity index (χ1n) is 10.8. The fraction of sp³-hybridized carbons (Fsp3) is 0.333. The predicted octanol–water partition coefficient (Wildman–Crippen LogP) is 4.23. The Hall–Kier alpha value is -2.95. The zero-order valence-electron chi connectivity index (χ0n) is 19.1. The van der Waals surface area contributed by atoms with Crippen LogP contribution < -0.4 is 19.5 Å². The van der Waals surface area contributed by atoms with Crippen molar-refractivity contribution < 1.29 is 23.0 Å². The fourth-order valence-corrected chi connectivity index (χ4v) is 4.61. The minimum Gasteiger partial charge on any atom is -0.755 e. The van der Waals surface area contributed by atoms with Gasteiger partial charge in [0.1, 0.15) is 18.2 Å². The number of nitrogens with zero attached hydrogens (tertiary/aromatic N) is 1. The van der Waals surface area contributed by atoms with Crippen molar-refractivity contribution in [1.82, 2.24) is 10.3 Å². The number of ether oxygens (including phenoxy) is 2. The molecule has 1 aliphatic rings. The van der Waals surface area contributed by atoms with Crippen molar-refractivity contribution in [2.24, 2.45) is 5.41 Å². The molecule has 1 aliphatic heterocycles. The van der Waals surface area contributed by atoms with Crippen molar-refractivity contribution in [3.63, 3.8) is 0 Å². The summed E-state index contributed by atoms with van der Waals surface area (Å²) in [4.78, 5) is 17.6. The van der Waals surface area contributed by atoms with Gasteiger partial charge in [0, 0.05) is 33.3 Å². The zero-order chi connectivity index (χ0) is 24.3. The molecule has 0 radical (unpaired) electrons. The van der Waals surface area contributed by atoms with Crippen molar-refractivity contribution in [3.05, 3.63) is 58.4 Å². The van der Waals surface area contributed by atoms with Crippen LogP contribution in [0, 0.1) is 5.41 Å². The van der Waals surface area contributed by atoms with Crippen LogP contribution in [-0.2, 0) is 22.5 Å². The molecule has 0 saturated carbocycles. The lowest BCUT2D eigenvalue weighted by Crippen LogP contribution is -2.38.